The van der Waals surface area contributed by atoms with E-state index in [-0.39, 0.29) is 10.7 Å². The zero-order chi connectivity index (χ0) is 15.6. The second kappa shape index (κ2) is 6.86. The van der Waals surface area contributed by atoms with Gasteiger partial charge in [0, 0.05) is 17.6 Å². The zero-order valence-corrected chi connectivity index (χ0v) is 15.5. The summed E-state index contributed by atoms with van der Waals surface area (Å²) in [6.45, 7) is 1.28. The molecule has 1 fully saturated rings. The van der Waals surface area contributed by atoms with Crippen LogP contribution in [0.1, 0.15) is 23.2 Å². The Morgan fingerprint density at radius 2 is 2.10 bits per heavy atom. The Bertz CT molecular complexity index is 574. The molecule has 3 nitrogen and oxygen atoms in total. The van der Waals surface area contributed by atoms with E-state index in [0.29, 0.717) is 28.7 Å². The van der Waals surface area contributed by atoms with Crippen LogP contribution >= 0.6 is 51.5 Å². The normalized spacial score (nSPS) is 17.6. The van der Waals surface area contributed by atoms with E-state index in [4.69, 9.17) is 29.6 Å². The van der Waals surface area contributed by atoms with E-state index < -0.39 is 0 Å². The van der Waals surface area contributed by atoms with E-state index in [1.54, 1.807) is 23.9 Å². The van der Waals surface area contributed by atoms with Crippen molar-refractivity contribution in [2.24, 2.45) is 5.73 Å². The third-order valence-corrected chi connectivity index (χ3v) is 6.61. The van der Waals surface area contributed by atoms with Crippen LogP contribution in [0, 0.1) is 0 Å². The first kappa shape index (κ1) is 17.1. The van der Waals surface area contributed by atoms with Gasteiger partial charge in [0.05, 0.1) is 20.3 Å². The minimum atomic E-state index is -0.187. The number of thioether (sulfide) groups is 1. The number of likely N-dealkylation sites (tertiary alicyclic amines) is 1. The maximum absolute atomic E-state index is 12.6. The Morgan fingerprint density at radius 1 is 1.48 bits per heavy atom. The monoisotopic (exact) mass is 406 g/mol. The number of carbonyl (C=O) groups is 1. The van der Waals surface area contributed by atoms with E-state index in [1.165, 1.54) is 0 Å². The molecule has 114 valence electrons. The number of nitrogens with two attached hydrogens (primary N) is 1. The summed E-state index contributed by atoms with van der Waals surface area (Å²) < 4.78 is 0.654. The van der Waals surface area contributed by atoms with E-state index in [1.807, 2.05) is 17.2 Å². The smallest absolute Gasteiger partial charge is 0.255 e. The molecule has 0 spiro atoms. The average Bonchev–Trinajstić information content (AvgIpc) is 2.49. The predicted octanol–water partition coefficient (Wildman–Crippen LogP) is 3.73. The topological polar surface area (TPSA) is 46.3 Å². The van der Waals surface area contributed by atoms with Crippen molar-refractivity contribution in [1.82, 2.24) is 4.90 Å². The summed E-state index contributed by atoms with van der Waals surface area (Å²) >= 11 is 16.4. The van der Waals surface area contributed by atoms with Gasteiger partial charge in [-0.15, -0.1) is 0 Å². The first-order chi connectivity index (χ1) is 9.89. The lowest BCUT2D eigenvalue weighted by Crippen LogP contribution is -2.50. The Labute approximate surface area is 147 Å². The molecule has 7 heteroatoms. The van der Waals surface area contributed by atoms with Crippen molar-refractivity contribution in [3.05, 3.63) is 33.3 Å². The van der Waals surface area contributed by atoms with Crippen LogP contribution in [0.3, 0.4) is 0 Å². The van der Waals surface area contributed by atoms with Crippen molar-refractivity contribution in [2.75, 3.05) is 19.3 Å². The van der Waals surface area contributed by atoms with Gasteiger partial charge in [0.1, 0.15) is 0 Å². The molecule has 0 aromatic heterocycles. The van der Waals surface area contributed by atoms with Gasteiger partial charge in [0.25, 0.3) is 5.91 Å². The number of piperidine rings is 1. The summed E-state index contributed by atoms with van der Waals surface area (Å²) in [6.07, 6.45) is 3.57. The highest BCUT2D eigenvalue weighted by atomic mass is 79.9. The van der Waals surface area contributed by atoms with Crippen LogP contribution in [0.2, 0.25) is 5.02 Å². The van der Waals surface area contributed by atoms with Gasteiger partial charge in [-0.2, -0.15) is 11.8 Å². The molecule has 0 unspecified atom stereocenters. The average molecular weight is 408 g/mol. The highest BCUT2D eigenvalue weighted by Crippen LogP contribution is 2.35. The summed E-state index contributed by atoms with van der Waals surface area (Å²) in [4.78, 5) is 14.9. The van der Waals surface area contributed by atoms with Gasteiger partial charge < -0.3 is 10.6 Å². The largest absolute Gasteiger partial charge is 0.392 e. The quantitative estimate of drug-likeness (QED) is 0.776. The van der Waals surface area contributed by atoms with Crippen LogP contribution in [0.15, 0.2) is 22.7 Å². The van der Waals surface area contributed by atoms with E-state index in [2.05, 4.69) is 15.9 Å². The first-order valence-corrected chi connectivity index (χ1v) is 9.29. The summed E-state index contributed by atoms with van der Waals surface area (Å²) in [5.74, 6) is -0.0426. The van der Waals surface area contributed by atoms with Crippen LogP contribution in [0.25, 0.3) is 0 Å². The van der Waals surface area contributed by atoms with Crippen molar-refractivity contribution >= 4 is 62.4 Å². The number of benzene rings is 1. The zero-order valence-electron chi connectivity index (χ0n) is 11.6. The minimum Gasteiger partial charge on any atom is -0.392 e. The standard InChI is InChI=1S/C14H16BrClN2OS2/c1-21-14(13(17)20)4-6-18(7-5-14)12(19)10-8-9(15)2-3-11(10)16/h2-3,8H,4-7H2,1H3,(H2,17,20). The first-order valence-electron chi connectivity index (χ1n) is 6.49. The highest BCUT2D eigenvalue weighted by molar-refractivity contribution is 9.10. The number of rotatable bonds is 3. The highest BCUT2D eigenvalue weighted by Gasteiger charge is 2.38. The fraction of sp³-hybridized carbons (Fsp3) is 0.429. The molecule has 2 rings (SSSR count). The van der Waals surface area contributed by atoms with Crippen LogP contribution in [-0.2, 0) is 0 Å². The Kier molecular flexibility index (Phi) is 5.57. The third kappa shape index (κ3) is 3.55. The minimum absolute atomic E-state index is 0.0426. The second-order valence-electron chi connectivity index (χ2n) is 4.98. The summed E-state index contributed by atoms with van der Waals surface area (Å²) in [7, 11) is 0. The molecule has 0 aliphatic carbocycles. The molecule has 0 atom stereocenters. The summed E-state index contributed by atoms with van der Waals surface area (Å²) in [5.41, 5.74) is 6.40. The van der Waals surface area contributed by atoms with Gasteiger partial charge in [0.15, 0.2) is 0 Å². The number of hydrogen-bond acceptors (Lipinski definition) is 3. The van der Waals surface area contributed by atoms with Gasteiger partial charge in [-0.05, 0) is 37.3 Å². The third-order valence-electron chi connectivity index (χ3n) is 3.86. The molecule has 0 saturated carbocycles. The number of carbonyl (C=O) groups excluding carboxylic acids is 1. The summed E-state index contributed by atoms with van der Waals surface area (Å²) in [6, 6.07) is 5.31. The number of halogens is 2. The van der Waals surface area contributed by atoms with Crippen LogP contribution < -0.4 is 5.73 Å². The van der Waals surface area contributed by atoms with Gasteiger partial charge in [-0.3, -0.25) is 4.79 Å². The van der Waals surface area contributed by atoms with Crippen LogP contribution in [0.4, 0.5) is 0 Å². The molecule has 2 N–H and O–H groups in total. The van der Waals surface area contributed by atoms with E-state index >= 15 is 0 Å². The predicted molar refractivity (Wildman–Crippen MR) is 97.3 cm³/mol. The molecular formula is C14H16BrClN2OS2. The molecule has 1 amide bonds. The number of hydrogen-bond donors (Lipinski definition) is 1. The number of nitrogens with zero attached hydrogens (tertiary/aromatic N) is 1. The second-order valence-corrected chi connectivity index (χ2v) is 7.93. The molecule has 1 aliphatic heterocycles. The Morgan fingerprint density at radius 3 is 2.62 bits per heavy atom. The molecule has 0 bridgehead atoms. The summed E-state index contributed by atoms with van der Waals surface area (Å²) in [5, 5.41) is 0.472. The maximum Gasteiger partial charge on any atom is 0.255 e. The fourth-order valence-corrected chi connectivity index (χ4v) is 4.26. The van der Waals surface area contributed by atoms with Crippen molar-refractivity contribution in [3.8, 4) is 0 Å². The number of amides is 1. The van der Waals surface area contributed by atoms with Crippen molar-refractivity contribution in [2.45, 2.75) is 17.6 Å². The molecule has 1 aliphatic rings. The lowest BCUT2D eigenvalue weighted by atomic mass is 9.95. The van der Waals surface area contributed by atoms with Crippen LogP contribution in [0.5, 0.6) is 0 Å². The molecular weight excluding hydrogens is 392 g/mol. The van der Waals surface area contributed by atoms with Crippen LogP contribution in [-0.4, -0.2) is 39.9 Å². The van der Waals surface area contributed by atoms with E-state index in [9.17, 15) is 4.79 Å². The Hall–Kier alpha value is -0.300. The van der Waals surface area contributed by atoms with Gasteiger partial charge in [-0.1, -0.05) is 39.7 Å². The van der Waals surface area contributed by atoms with Crippen molar-refractivity contribution in [3.63, 3.8) is 0 Å². The molecule has 1 saturated heterocycles. The lowest BCUT2D eigenvalue weighted by Gasteiger charge is -2.40. The molecule has 1 aromatic carbocycles. The SMILES string of the molecule is CSC1(C(N)=S)CCN(C(=O)c2cc(Br)ccc2Cl)CC1. The molecule has 1 heterocycles. The van der Waals surface area contributed by atoms with Crippen molar-refractivity contribution < 1.29 is 4.79 Å². The maximum atomic E-state index is 12.6. The van der Waals surface area contributed by atoms with Gasteiger partial charge in [0.2, 0.25) is 0 Å². The fourth-order valence-electron chi connectivity index (χ4n) is 2.45. The molecule has 1 aromatic rings. The number of thiocarbonyl (C=S) groups is 1. The van der Waals surface area contributed by atoms with Crippen molar-refractivity contribution in [1.29, 1.82) is 0 Å². The van der Waals surface area contributed by atoms with E-state index in [0.717, 1.165) is 17.3 Å². The van der Waals surface area contributed by atoms with Gasteiger partial charge >= 0.3 is 0 Å². The lowest BCUT2D eigenvalue weighted by molar-refractivity contribution is 0.0719. The van der Waals surface area contributed by atoms with Gasteiger partial charge in [-0.25, -0.2) is 0 Å². The molecule has 21 heavy (non-hydrogen) atoms. The molecule has 0 radical (unpaired) electrons. The Balaban J connectivity index is 2.13.